The van der Waals surface area contributed by atoms with Crippen LogP contribution >= 0.6 is 24.0 Å². The molecule has 0 spiro atoms. The molecule has 0 aromatic heterocycles. The van der Waals surface area contributed by atoms with Gasteiger partial charge in [0.15, 0.2) is 5.96 Å². The van der Waals surface area contributed by atoms with Crippen molar-refractivity contribution in [3.63, 3.8) is 0 Å². The number of aliphatic hydroxyl groups excluding tert-OH is 1. The van der Waals surface area contributed by atoms with Crippen LogP contribution in [0.25, 0.3) is 0 Å². The molecule has 1 aromatic carbocycles. The fourth-order valence-electron chi connectivity index (χ4n) is 3.12. The van der Waals surface area contributed by atoms with Crippen LogP contribution in [-0.2, 0) is 4.79 Å². The van der Waals surface area contributed by atoms with E-state index in [4.69, 9.17) is 0 Å². The first-order chi connectivity index (χ1) is 12.2. The van der Waals surface area contributed by atoms with Crippen molar-refractivity contribution in [1.29, 1.82) is 0 Å². The van der Waals surface area contributed by atoms with Crippen LogP contribution < -0.4 is 16.0 Å². The van der Waals surface area contributed by atoms with Crippen molar-refractivity contribution in [3.05, 3.63) is 35.9 Å². The Bertz CT molecular complexity index is 548. The summed E-state index contributed by atoms with van der Waals surface area (Å²) in [5.74, 6) is 0.737. The van der Waals surface area contributed by atoms with Crippen LogP contribution in [0.3, 0.4) is 0 Å². The van der Waals surface area contributed by atoms with E-state index in [1.165, 1.54) is 12.8 Å². The average Bonchev–Trinajstić information content (AvgIpc) is 3.14. The number of halogens is 1. The highest BCUT2D eigenvalue weighted by molar-refractivity contribution is 14.0. The molecular formula is C19H31IN4O2. The summed E-state index contributed by atoms with van der Waals surface area (Å²) in [6.07, 6.45) is 5.06. The number of hydrogen-bond acceptors (Lipinski definition) is 3. The fraction of sp³-hybridized carbons (Fsp3) is 0.579. The third kappa shape index (κ3) is 7.90. The van der Waals surface area contributed by atoms with Gasteiger partial charge in [0.2, 0.25) is 5.91 Å². The number of nitrogens with one attached hydrogen (secondary N) is 3. The highest BCUT2D eigenvalue weighted by atomic mass is 127. The summed E-state index contributed by atoms with van der Waals surface area (Å²) in [7, 11) is 1.70. The summed E-state index contributed by atoms with van der Waals surface area (Å²) in [6, 6.07) is 10.3. The zero-order valence-electron chi connectivity index (χ0n) is 15.4. The van der Waals surface area contributed by atoms with Crippen LogP contribution in [0.4, 0.5) is 0 Å². The molecule has 0 bridgehead atoms. The lowest BCUT2D eigenvalue weighted by atomic mass is 10.0. The van der Waals surface area contributed by atoms with Crippen molar-refractivity contribution >= 4 is 35.8 Å². The minimum absolute atomic E-state index is 0. The van der Waals surface area contributed by atoms with E-state index >= 15 is 0 Å². The van der Waals surface area contributed by atoms with Crippen molar-refractivity contribution in [3.8, 4) is 0 Å². The zero-order valence-corrected chi connectivity index (χ0v) is 17.7. The maximum Gasteiger partial charge on any atom is 0.221 e. The summed E-state index contributed by atoms with van der Waals surface area (Å²) in [5.41, 5.74) is 1.09. The molecule has 1 amide bonds. The van der Waals surface area contributed by atoms with Crippen molar-refractivity contribution < 1.29 is 9.90 Å². The SMILES string of the molecule is CN=C(NCCC(=O)NC1CCCC1)NCC(CO)c1ccccc1.I. The molecule has 26 heavy (non-hydrogen) atoms. The number of nitrogens with zero attached hydrogens (tertiary/aromatic N) is 1. The Kier molecular flexibility index (Phi) is 11.3. The lowest BCUT2D eigenvalue weighted by Gasteiger charge is -2.18. The second kappa shape index (κ2) is 12.9. The molecule has 2 rings (SSSR count). The minimum atomic E-state index is 0. The van der Waals surface area contributed by atoms with Gasteiger partial charge in [0.1, 0.15) is 0 Å². The van der Waals surface area contributed by atoms with E-state index < -0.39 is 0 Å². The first-order valence-corrected chi connectivity index (χ1v) is 9.12. The second-order valence-corrected chi connectivity index (χ2v) is 6.47. The summed E-state index contributed by atoms with van der Waals surface area (Å²) in [5, 5.41) is 19.0. The average molecular weight is 474 g/mol. The van der Waals surface area contributed by atoms with Gasteiger partial charge in [0, 0.05) is 38.5 Å². The maximum atomic E-state index is 11.9. The van der Waals surface area contributed by atoms with E-state index in [0.29, 0.717) is 31.5 Å². The predicted molar refractivity (Wildman–Crippen MR) is 116 cm³/mol. The van der Waals surface area contributed by atoms with Gasteiger partial charge in [-0.15, -0.1) is 24.0 Å². The molecule has 0 saturated heterocycles. The number of hydrogen-bond donors (Lipinski definition) is 4. The monoisotopic (exact) mass is 474 g/mol. The lowest BCUT2D eigenvalue weighted by molar-refractivity contribution is -0.121. The molecule has 1 aliphatic rings. The van der Waals surface area contributed by atoms with E-state index in [-0.39, 0.29) is 42.4 Å². The number of carbonyl (C=O) groups excluding carboxylic acids is 1. The molecule has 0 radical (unpaired) electrons. The van der Waals surface area contributed by atoms with Gasteiger partial charge >= 0.3 is 0 Å². The van der Waals surface area contributed by atoms with E-state index in [0.717, 1.165) is 18.4 Å². The van der Waals surface area contributed by atoms with Gasteiger partial charge < -0.3 is 21.1 Å². The molecule has 6 nitrogen and oxygen atoms in total. The third-order valence-corrected chi connectivity index (χ3v) is 4.60. The van der Waals surface area contributed by atoms with E-state index in [1.807, 2.05) is 30.3 Å². The number of aliphatic hydroxyl groups is 1. The zero-order chi connectivity index (χ0) is 17.9. The number of carbonyl (C=O) groups is 1. The van der Waals surface area contributed by atoms with Crippen LogP contribution in [-0.4, -0.2) is 49.8 Å². The fourth-order valence-corrected chi connectivity index (χ4v) is 3.12. The smallest absolute Gasteiger partial charge is 0.221 e. The highest BCUT2D eigenvalue weighted by Gasteiger charge is 2.16. The molecule has 0 aliphatic heterocycles. The summed E-state index contributed by atoms with van der Waals surface area (Å²) >= 11 is 0. The maximum absolute atomic E-state index is 11.9. The Morgan fingerprint density at radius 1 is 1.23 bits per heavy atom. The lowest BCUT2D eigenvalue weighted by Crippen LogP contribution is -2.42. The molecule has 1 fully saturated rings. The van der Waals surface area contributed by atoms with E-state index in [1.54, 1.807) is 7.05 Å². The van der Waals surface area contributed by atoms with Gasteiger partial charge in [-0.2, -0.15) is 0 Å². The third-order valence-electron chi connectivity index (χ3n) is 4.60. The van der Waals surface area contributed by atoms with Gasteiger partial charge in [-0.3, -0.25) is 9.79 Å². The highest BCUT2D eigenvalue weighted by Crippen LogP contribution is 2.17. The molecule has 1 unspecified atom stereocenters. The Balaban J connectivity index is 0.00000338. The Hall–Kier alpha value is -1.35. The molecule has 1 aromatic rings. The first kappa shape index (κ1) is 22.7. The predicted octanol–water partition coefficient (Wildman–Crippen LogP) is 1.99. The van der Waals surface area contributed by atoms with Gasteiger partial charge in [-0.05, 0) is 18.4 Å². The van der Waals surface area contributed by atoms with E-state index in [9.17, 15) is 9.90 Å². The van der Waals surface area contributed by atoms with Gasteiger partial charge in [-0.1, -0.05) is 43.2 Å². The Morgan fingerprint density at radius 3 is 2.54 bits per heavy atom. The summed E-state index contributed by atoms with van der Waals surface area (Å²) < 4.78 is 0. The minimum Gasteiger partial charge on any atom is -0.396 e. The van der Waals surface area contributed by atoms with Crippen molar-refractivity contribution in [1.82, 2.24) is 16.0 Å². The molecule has 7 heteroatoms. The normalized spacial score (nSPS) is 15.8. The second-order valence-electron chi connectivity index (χ2n) is 6.47. The van der Waals surface area contributed by atoms with Crippen molar-refractivity contribution in [2.45, 2.75) is 44.1 Å². The van der Waals surface area contributed by atoms with Crippen LogP contribution in [0.15, 0.2) is 35.3 Å². The van der Waals surface area contributed by atoms with Gasteiger partial charge in [-0.25, -0.2) is 0 Å². The number of rotatable bonds is 8. The summed E-state index contributed by atoms with van der Waals surface area (Å²) in [4.78, 5) is 16.1. The first-order valence-electron chi connectivity index (χ1n) is 9.12. The molecule has 4 N–H and O–H groups in total. The number of guanidine groups is 1. The molecule has 0 heterocycles. The van der Waals surface area contributed by atoms with E-state index in [2.05, 4.69) is 20.9 Å². The Labute approximate surface area is 173 Å². The van der Waals surface area contributed by atoms with Crippen LogP contribution in [0.1, 0.15) is 43.6 Å². The van der Waals surface area contributed by atoms with Gasteiger partial charge in [0.25, 0.3) is 0 Å². The van der Waals surface area contributed by atoms with Crippen LogP contribution in [0, 0.1) is 0 Å². The quantitative estimate of drug-likeness (QED) is 0.264. The topological polar surface area (TPSA) is 85.8 Å². The standard InChI is InChI=1S/C19H30N4O2.HI/c1-20-19(21-12-11-18(25)23-17-9-5-6-10-17)22-13-16(14-24)15-7-3-2-4-8-15;/h2-4,7-8,16-17,24H,5-6,9-14H2,1H3,(H,23,25)(H2,20,21,22);1H. The number of aliphatic imine (C=N–C) groups is 1. The van der Waals surface area contributed by atoms with Crippen LogP contribution in [0.2, 0.25) is 0 Å². The molecular weight excluding hydrogens is 443 g/mol. The number of amides is 1. The van der Waals surface area contributed by atoms with Crippen LogP contribution in [0.5, 0.6) is 0 Å². The van der Waals surface area contributed by atoms with Crippen molar-refractivity contribution in [2.75, 3.05) is 26.7 Å². The summed E-state index contributed by atoms with van der Waals surface area (Å²) in [6.45, 7) is 1.18. The molecule has 146 valence electrons. The number of benzene rings is 1. The molecule has 1 saturated carbocycles. The Morgan fingerprint density at radius 2 is 1.92 bits per heavy atom. The largest absolute Gasteiger partial charge is 0.396 e. The van der Waals surface area contributed by atoms with Crippen molar-refractivity contribution in [2.24, 2.45) is 4.99 Å². The molecule has 1 atom stereocenters. The van der Waals surface area contributed by atoms with Gasteiger partial charge in [0.05, 0.1) is 6.61 Å². The molecule has 1 aliphatic carbocycles.